The Hall–Kier alpha value is -0.466. The Bertz CT molecular complexity index is 663. The van der Waals surface area contributed by atoms with E-state index in [4.69, 9.17) is 18.6 Å². The van der Waals surface area contributed by atoms with Crippen molar-refractivity contribution in [2.24, 2.45) is 23.7 Å². The van der Waals surface area contributed by atoms with Crippen LogP contribution >= 0.6 is 18.6 Å². The number of para-hydroxylation sites is 1. The van der Waals surface area contributed by atoms with Crippen molar-refractivity contribution in [3.05, 3.63) is 54.1 Å². The van der Waals surface area contributed by atoms with E-state index < -0.39 is 17.0 Å². The van der Waals surface area contributed by atoms with E-state index in [2.05, 4.69) is 52.0 Å². The fourth-order valence-electron chi connectivity index (χ4n) is 4.34. The van der Waals surface area contributed by atoms with Gasteiger partial charge in [0.25, 0.3) is 0 Å². The maximum atomic E-state index is 10.9. The first kappa shape index (κ1) is 20.8. The Morgan fingerprint density at radius 3 is 1.80 bits per heavy atom. The summed E-state index contributed by atoms with van der Waals surface area (Å²) in [5.41, 5.74) is 3.16. The topological polar surface area (TPSA) is 20.2 Å². The van der Waals surface area contributed by atoms with Gasteiger partial charge in [-0.15, -0.1) is 0 Å². The Balaban J connectivity index is 0.000000701. The minimum atomic E-state index is -0.556. The van der Waals surface area contributed by atoms with E-state index in [0.29, 0.717) is 35.3 Å². The molecular formula is C21H26Cl2OTi. The molecule has 1 fully saturated rings. The molecule has 0 saturated heterocycles. The summed E-state index contributed by atoms with van der Waals surface area (Å²) in [6.07, 6.45) is 0. The molecule has 4 atom stereocenters. The molecule has 0 aliphatic heterocycles. The first-order valence-electron chi connectivity index (χ1n) is 8.77. The number of aromatic hydroxyl groups is 1. The molecule has 0 amide bonds. The first-order valence-corrected chi connectivity index (χ1v) is 13.1. The second kappa shape index (κ2) is 9.46. The fourth-order valence-corrected chi connectivity index (χ4v) is 4.34. The van der Waals surface area contributed by atoms with Gasteiger partial charge in [-0.25, -0.2) is 0 Å². The van der Waals surface area contributed by atoms with Gasteiger partial charge >= 0.3 is 35.6 Å². The predicted octanol–water partition coefficient (Wildman–Crippen LogP) is 7.08. The summed E-state index contributed by atoms with van der Waals surface area (Å²) in [5, 5.41) is 10.9. The fraction of sp³-hybridized carbons (Fsp3) is 0.429. The molecule has 0 spiro atoms. The van der Waals surface area contributed by atoms with E-state index in [9.17, 15) is 5.11 Å². The van der Waals surface area contributed by atoms with E-state index in [1.165, 1.54) is 0 Å². The van der Waals surface area contributed by atoms with Crippen LogP contribution in [0.1, 0.15) is 39.2 Å². The number of hydrogen-bond acceptors (Lipinski definition) is 1. The van der Waals surface area contributed by atoms with Crippen LogP contribution in [0.25, 0.3) is 11.1 Å². The van der Waals surface area contributed by atoms with Gasteiger partial charge in [0.15, 0.2) is 0 Å². The molecule has 0 heterocycles. The molecule has 134 valence electrons. The summed E-state index contributed by atoms with van der Waals surface area (Å²) >= 11 is -0.556. The molecule has 1 aliphatic carbocycles. The predicted molar refractivity (Wildman–Crippen MR) is 105 cm³/mol. The maximum absolute atomic E-state index is 10.9. The quantitative estimate of drug-likeness (QED) is 0.522. The molecule has 1 saturated carbocycles. The van der Waals surface area contributed by atoms with Crippen LogP contribution in [-0.2, 0) is 17.0 Å². The second-order valence-electron chi connectivity index (χ2n) is 7.14. The average molecular weight is 413 g/mol. The van der Waals surface area contributed by atoms with Gasteiger partial charge in [0.1, 0.15) is 5.75 Å². The van der Waals surface area contributed by atoms with Crippen molar-refractivity contribution >= 4 is 18.6 Å². The number of hydrogen-bond donors (Lipinski definition) is 1. The number of phenols is 1. The van der Waals surface area contributed by atoms with E-state index in [-0.39, 0.29) is 0 Å². The molecule has 0 radical (unpaired) electrons. The normalized spacial score (nSPS) is 28.2. The summed E-state index contributed by atoms with van der Waals surface area (Å²) in [7, 11) is 9.78. The molecule has 4 unspecified atom stereocenters. The number of phenolic OH excluding ortho intramolecular Hbond substituents is 1. The standard InChI is InChI=1S/C21H26O.2ClH.Ti/c1-13-14(2)16(4)20(15(13)3)19-12-8-11-18(21(19)22)17-9-6-5-7-10-17;;;/h5-16,20,22H,1-4H3;2*1H;/q;;;+2/p-2. The Kier molecular flexibility index (Phi) is 7.89. The number of halogens is 2. The zero-order chi connectivity index (χ0) is 18.6. The molecular weight excluding hydrogens is 387 g/mol. The summed E-state index contributed by atoms with van der Waals surface area (Å²) in [6, 6.07) is 16.4. The Morgan fingerprint density at radius 2 is 1.28 bits per heavy atom. The summed E-state index contributed by atoms with van der Waals surface area (Å²) < 4.78 is 0. The second-order valence-corrected chi connectivity index (χ2v) is 9.72. The molecule has 1 N–H and O–H groups in total. The van der Waals surface area contributed by atoms with Gasteiger partial charge in [-0.05, 0) is 40.7 Å². The van der Waals surface area contributed by atoms with E-state index >= 15 is 0 Å². The minimum absolute atomic E-state index is 0.439. The van der Waals surface area contributed by atoms with Gasteiger partial charge in [-0.1, -0.05) is 76.2 Å². The molecule has 2 aromatic carbocycles. The Labute approximate surface area is 168 Å². The summed E-state index contributed by atoms with van der Waals surface area (Å²) in [4.78, 5) is 0. The zero-order valence-corrected chi connectivity index (χ0v) is 18.3. The van der Waals surface area contributed by atoms with Gasteiger partial charge in [-0.3, -0.25) is 0 Å². The van der Waals surface area contributed by atoms with Crippen LogP contribution in [0.2, 0.25) is 0 Å². The molecule has 0 bridgehead atoms. The zero-order valence-electron chi connectivity index (χ0n) is 15.2. The molecule has 2 aromatic rings. The van der Waals surface area contributed by atoms with Crippen molar-refractivity contribution in [1.29, 1.82) is 0 Å². The number of rotatable bonds is 2. The number of benzene rings is 2. The Morgan fingerprint density at radius 1 is 0.760 bits per heavy atom. The van der Waals surface area contributed by atoms with Crippen molar-refractivity contribution in [1.82, 2.24) is 0 Å². The summed E-state index contributed by atoms with van der Waals surface area (Å²) in [6.45, 7) is 9.38. The van der Waals surface area contributed by atoms with E-state index in [1.807, 2.05) is 24.3 Å². The van der Waals surface area contributed by atoms with Crippen LogP contribution in [0.3, 0.4) is 0 Å². The van der Waals surface area contributed by atoms with E-state index in [1.54, 1.807) is 0 Å². The van der Waals surface area contributed by atoms with Crippen molar-refractivity contribution in [3.8, 4) is 16.9 Å². The van der Waals surface area contributed by atoms with E-state index in [0.717, 1.165) is 16.7 Å². The monoisotopic (exact) mass is 412 g/mol. The summed E-state index contributed by atoms with van der Waals surface area (Å²) in [5.74, 6) is 3.50. The van der Waals surface area contributed by atoms with Crippen molar-refractivity contribution in [2.75, 3.05) is 0 Å². The van der Waals surface area contributed by atoms with Crippen LogP contribution in [0.4, 0.5) is 0 Å². The molecule has 4 heteroatoms. The molecule has 0 aromatic heterocycles. The van der Waals surface area contributed by atoms with Crippen LogP contribution in [0, 0.1) is 23.7 Å². The van der Waals surface area contributed by atoms with Gasteiger partial charge in [0, 0.05) is 5.56 Å². The van der Waals surface area contributed by atoms with Gasteiger partial charge in [-0.2, -0.15) is 0 Å². The molecule has 1 nitrogen and oxygen atoms in total. The SMILES string of the molecule is CC1C(C)C(C)C(c2cccc(-c3ccccc3)c2O)C1C.[Cl][Ti][Cl]. The van der Waals surface area contributed by atoms with Crippen molar-refractivity contribution in [2.45, 2.75) is 33.6 Å². The third kappa shape index (κ3) is 4.45. The third-order valence-electron chi connectivity index (χ3n) is 6.13. The van der Waals surface area contributed by atoms with Crippen LogP contribution < -0.4 is 0 Å². The first-order chi connectivity index (χ1) is 11.9. The molecule has 1 aliphatic rings. The van der Waals surface area contributed by atoms with Crippen LogP contribution in [-0.4, -0.2) is 5.11 Å². The van der Waals surface area contributed by atoms with Crippen molar-refractivity contribution in [3.63, 3.8) is 0 Å². The van der Waals surface area contributed by atoms with Crippen molar-refractivity contribution < 1.29 is 22.1 Å². The van der Waals surface area contributed by atoms with Gasteiger partial charge in [0.2, 0.25) is 0 Å². The third-order valence-corrected chi connectivity index (χ3v) is 6.13. The van der Waals surface area contributed by atoms with Crippen LogP contribution in [0.15, 0.2) is 48.5 Å². The van der Waals surface area contributed by atoms with Crippen LogP contribution in [0.5, 0.6) is 5.75 Å². The molecule has 3 rings (SSSR count). The average Bonchev–Trinajstić information content (AvgIpc) is 2.80. The molecule has 25 heavy (non-hydrogen) atoms. The van der Waals surface area contributed by atoms with Gasteiger partial charge < -0.3 is 5.11 Å². The van der Waals surface area contributed by atoms with Gasteiger partial charge in [0.05, 0.1) is 0 Å².